The fourth-order valence-corrected chi connectivity index (χ4v) is 2.10. The number of hydrogen-bond acceptors (Lipinski definition) is 3. The standard InChI is InChI=1S/C12H13F3N2O3/c1-11(20)4-5-17(6-11)10(19)7-2-3-8(12(13,14)15)16-9(7)18/h2-3,20H,4-6H2,1H3,(H,16,18). The topological polar surface area (TPSA) is 73.4 Å². The molecule has 0 radical (unpaired) electrons. The van der Waals surface area contributed by atoms with Crippen molar-refractivity contribution in [1.29, 1.82) is 0 Å². The summed E-state index contributed by atoms with van der Waals surface area (Å²) in [5.74, 6) is -0.683. The third kappa shape index (κ3) is 2.84. The molecule has 0 aromatic carbocycles. The highest BCUT2D eigenvalue weighted by molar-refractivity contribution is 5.94. The van der Waals surface area contributed by atoms with Crippen LogP contribution in [0.1, 0.15) is 29.4 Å². The molecule has 1 aromatic heterocycles. The summed E-state index contributed by atoms with van der Waals surface area (Å²) in [5, 5.41) is 9.75. The maximum atomic E-state index is 12.4. The van der Waals surface area contributed by atoms with Crippen LogP contribution in [0, 0.1) is 0 Å². The van der Waals surface area contributed by atoms with Crippen molar-refractivity contribution < 1.29 is 23.1 Å². The fraction of sp³-hybridized carbons (Fsp3) is 0.500. The summed E-state index contributed by atoms with van der Waals surface area (Å²) in [6.07, 6.45) is -4.31. The van der Waals surface area contributed by atoms with Gasteiger partial charge in [-0.2, -0.15) is 13.2 Å². The molecule has 20 heavy (non-hydrogen) atoms. The smallest absolute Gasteiger partial charge is 0.388 e. The Bertz CT molecular complexity index is 592. The Morgan fingerprint density at radius 1 is 1.45 bits per heavy atom. The first-order chi connectivity index (χ1) is 9.10. The van der Waals surface area contributed by atoms with Crippen molar-refractivity contribution >= 4 is 5.91 Å². The van der Waals surface area contributed by atoms with E-state index >= 15 is 0 Å². The molecule has 8 heteroatoms. The molecule has 1 aliphatic heterocycles. The summed E-state index contributed by atoms with van der Waals surface area (Å²) in [5.41, 5.74) is -3.69. The van der Waals surface area contributed by atoms with E-state index in [0.29, 0.717) is 12.5 Å². The zero-order valence-corrected chi connectivity index (χ0v) is 10.6. The Kier molecular flexibility index (Phi) is 3.37. The van der Waals surface area contributed by atoms with Gasteiger partial charge in [-0.25, -0.2) is 0 Å². The van der Waals surface area contributed by atoms with E-state index in [0.717, 1.165) is 6.07 Å². The van der Waals surface area contributed by atoms with Crippen molar-refractivity contribution in [2.45, 2.75) is 25.1 Å². The van der Waals surface area contributed by atoms with E-state index in [1.807, 2.05) is 0 Å². The van der Waals surface area contributed by atoms with Gasteiger partial charge >= 0.3 is 6.18 Å². The van der Waals surface area contributed by atoms with Gasteiger partial charge in [0.15, 0.2) is 0 Å². The molecule has 5 nitrogen and oxygen atoms in total. The second kappa shape index (κ2) is 4.62. The Balaban J connectivity index is 2.26. The van der Waals surface area contributed by atoms with Gasteiger partial charge in [0.2, 0.25) is 0 Å². The lowest BCUT2D eigenvalue weighted by atomic mass is 10.1. The van der Waals surface area contributed by atoms with E-state index in [1.54, 1.807) is 11.9 Å². The first-order valence-electron chi connectivity index (χ1n) is 5.92. The summed E-state index contributed by atoms with van der Waals surface area (Å²) in [4.78, 5) is 26.5. The maximum absolute atomic E-state index is 12.4. The number of carbonyl (C=O) groups excluding carboxylic acids is 1. The lowest BCUT2D eigenvalue weighted by molar-refractivity contribution is -0.141. The number of pyridine rings is 1. The van der Waals surface area contributed by atoms with Crippen LogP contribution in [0.25, 0.3) is 0 Å². The summed E-state index contributed by atoms with van der Waals surface area (Å²) in [7, 11) is 0. The van der Waals surface area contributed by atoms with Crippen LogP contribution in [-0.4, -0.2) is 39.6 Å². The summed E-state index contributed by atoms with van der Waals surface area (Å²) in [6, 6.07) is 1.51. The predicted octanol–water partition coefficient (Wildman–Crippen LogP) is 0.991. The zero-order chi connectivity index (χ0) is 15.1. The summed E-state index contributed by atoms with van der Waals surface area (Å²) in [6.45, 7) is 1.86. The van der Waals surface area contributed by atoms with E-state index in [-0.39, 0.29) is 18.7 Å². The number of halogens is 3. The number of hydrogen-bond donors (Lipinski definition) is 2. The minimum Gasteiger partial charge on any atom is -0.388 e. The molecule has 1 saturated heterocycles. The molecule has 0 spiro atoms. The third-order valence-electron chi connectivity index (χ3n) is 3.18. The van der Waals surface area contributed by atoms with Gasteiger partial charge in [-0.15, -0.1) is 0 Å². The largest absolute Gasteiger partial charge is 0.431 e. The molecule has 0 bridgehead atoms. The van der Waals surface area contributed by atoms with Gasteiger partial charge in [-0.1, -0.05) is 0 Å². The van der Waals surface area contributed by atoms with Crippen LogP contribution < -0.4 is 5.56 Å². The highest BCUT2D eigenvalue weighted by atomic mass is 19.4. The Morgan fingerprint density at radius 2 is 2.10 bits per heavy atom. The lowest BCUT2D eigenvalue weighted by Crippen LogP contribution is -2.36. The number of β-amino-alcohol motifs (C(OH)–C–C–N with tert-alkyl or cyclic N) is 1. The average Bonchev–Trinajstić information content (AvgIpc) is 2.67. The van der Waals surface area contributed by atoms with Crippen molar-refractivity contribution in [3.63, 3.8) is 0 Å². The molecule has 1 fully saturated rings. The second-order valence-electron chi connectivity index (χ2n) is 5.09. The molecular weight excluding hydrogens is 277 g/mol. The molecule has 2 N–H and O–H groups in total. The summed E-state index contributed by atoms with van der Waals surface area (Å²) >= 11 is 0. The van der Waals surface area contributed by atoms with Gasteiger partial charge in [0.1, 0.15) is 11.3 Å². The van der Waals surface area contributed by atoms with Crippen molar-refractivity contribution in [3.8, 4) is 0 Å². The van der Waals surface area contributed by atoms with Crippen molar-refractivity contribution in [2.75, 3.05) is 13.1 Å². The Labute approximate surface area is 112 Å². The first kappa shape index (κ1) is 14.6. The van der Waals surface area contributed by atoms with Gasteiger partial charge in [-0.05, 0) is 25.5 Å². The van der Waals surface area contributed by atoms with Crippen LogP contribution >= 0.6 is 0 Å². The summed E-state index contributed by atoms with van der Waals surface area (Å²) < 4.78 is 37.2. The molecule has 2 rings (SSSR count). The first-order valence-corrected chi connectivity index (χ1v) is 5.92. The third-order valence-corrected chi connectivity index (χ3v) is 3.18. The molecular formula is C12H13F3N2O3. The van der Waals surface area contributed by atoms with Crippen LogP contribution in [0.3, 0.4) is 0 Å². The number of nitrogens with zero attached hydrogens (tertiary/aromatic N) is 1. The van der Waals surface area contributed by atoms with Crippen LogP contribution in [-0.2, 0) is 6.18 Å². The SMILES string of the molecule is CC1(O)CCN(C(=O)c2ccc(C(F)(F)F)[nH]c2=O)C1. The Hall–Kier alpha value is -1.83. The monoisotopic (exact) mass is 290 g/mol. The van der Waals surface area contributed by atoms with Gasteiger partial charge in [0.25, 0.3) is 11.5 Å². The average molecular weight is 290 g/mol. The number of aliphatic hydroxyl groups is 1. The minimum absolute atomic E-state index is 0.0479. The van der Waals surface area contributed by atoms with E-state index in [9.17, 15) is 27.9 Å². The lowest BCUT2D eigenvalue weighted by Gasteiger charge is -2.18. The van der Waals surface area contributed by atoms with Crippen molar-refractivity contribution in [3.05, 3.63) is 33.7 Å². The van der Waals surface area contributed by atoms with Gasteiger partial charge in [0, 0.05) is 13.1 Å². The number of aromatic nitrogens is 1. The highest BCUT2D eigenvalue weighted by Gasteiger charge is 2.36. The molecule has 0 saturated carbocycles. The zero-order valence-electron chi connectivity index (χ0n) is 10.6. The van der Waals surface area contributed by atoms with Crippen LogP contribution in [0.4, 0.5) is 13.2 Å². The highest BCUT2D eigenvalue weighted by Crippen LogP contribution is 2.27. The minimum atomic E-state index is -4.67. The van der Waals surface area contributed by atoms with Crippen molar-refractivity contribution in [2.24, 2.45) is 0 Å². The molecule has 1 amide bonds. The van der Waals surface area contributed by atoms with Gasteiger partial charge in [-0.3, -0.25) is 9.59 Å². The molecule has 110 valence electrons. The number of alkyl halides is 3. The van der Waals surface area contributed by atoms with Gasteiger partial charge in [0.05, 0.1) is 5.60 Å². The van der Waals surface area contributed by atoms with E-state index in [1.165, 1.54) is 4.90 Å². The van der Waals surface area contributed by atoms with Crippen molar-refractivity contribution in [1.82, 2.24) is 9.88 Å². The number of aromatic amines is 1. The molecule has 0 aliphatic carbocycles. The van der Waals surface area contributed by atoms with Gasteiger partial charge < -0.3 is 15.0 Å². The maximum Gasteiger partial charge on any atom is 0.431 e. The van der Waals surface area contributed by atoms with E-state index in [4.69, 9.17) is 0 Å². The molecule has 2 heterocycles. The number of nitrogens with one attached hydrogen (secondary N) is 1. The fourth-order valence-electron chi connectivity index (χ4n) is 2.10. The molecule has 1 aliphatic rings. The number of amides is 1. The number of rotatable bonds is 1. The molecule has 1 atom stereocenters. The second-order valence-corrected chi connectivity index (χ2v) is 5.09. The van der Waals surface area contributed by atoms with Crippen LogP contribution in [0.2, 0.25) is 0 Å². The molecule has 1 aromatic rings. The van der Waals surface area contributed by atoms with E-state index < -0.39 is 28.9 Å². The number of likely N-dealkylation sites (tertiary alicyclic amines) is 1. The predicted molar refractivity (Wildman–Crippen MR) is 63.2 cm³/mol. The van der Waals surface area contributed by atoms with Crippen LogP contribution in [0.5, 0.6) is 0 Å². The molecule has 1 unspecified atom stereocenters. The normalized spacial score (nSPS) is 23.1. The number of H-pyrrole nitrogens is 1. The number of carbonyl (C=O) groups is 1. The van der Waals surface area contributed by atoms with Crippen LogP contribution in [0.15, 0.2) is 16.9 Å². The van der Waals surface area contributed by atoms with E-state index in [2.05, 4.69) is 0 Å². The quantitative estimate of drug-likeness (QED) is 0.810. The Morgan fingerprint density at radius 3 is 2.55 bits per heavy atom.